The van der Waals surface area contributed by atoms with Crippen LogP contribution >= 0.6 is 11.3 Å². The van der Waals surface area contributed by atoms with Gasteiger partial charge in [-0.3, -0.25) is 9.59 Å². The predicted octanol–water partition coefficient (Wildman–Crippen LogP) is 2.95. The third-order valence-electron chi connectivity index (χ3n) is 5.02. The zero-order valence-corrected chi connectivity index (χ0v) is 15.5. The quantitative estimate of drug-likeness (QED) is 0.850. The van der Waals surface area contributed by atoms with Gasteiger partial charge in [0.25, 0.3) is 5.91 Å². The van der Waals surface area contributed by atoms with E-state index in [-0.39, 0.29) is 23.9 Å². The first kappa shape index (κ1) is 17.2. The number of nitrogens with zero attached hydrogens (tertiary/aromatic N) is 1. The van der Waals surface area contributed by atoms with E-state index in [0.29, 0.717) is 18.7 Å². The normalized spacial score (nSPS) is 22.2. The Kier molecular flexibility index (Phi) is 4.78. The number of ether oxygens (including phenoxy) is 1. The van der Waals surface area contributed by atoms with Crippen molar-refractivity contribution in [3.63, 3.8) is 0 Å². The molecule has 0 radical (unpaired) electrons. The van der Waals surface area contributed by atoms with Crippen molar-refractivity contribution in [2.75, 3.05) is 20.3 Å². The zero-order valence-electron chi connectivity index (χ0n) is 14.7. The topological polar surface area (TPSA) is 58.6 Å². The van der Waals surface area contributed by atoms with Crippen LogP contribution in [0.5, 0.6) is 0 Å². The first-order valence-electron chi connectivity index (χ1n) is 8.93. The van der Waals surface area contributed by atoms with E-state index in [2.05, 4.69) is 5.32 Å². The highest BCUT2D eigenvalue weighted by atomic mass is 32.1. The van der Waals surface area contributed by atoms with Crippen LogP contribution in [0.25, 0.3) is 0 Å². The van der Waals surface area contributed by atoms with Crippen molar-refractivity contribution in [1.82, 2.24) is 10.2 Å². The maximum absolute atomic E-state index is 13.2. The molecule has 0 bridgehead atoms. The van der Waals surface area contributed by atoms with Crippen LogP contribution in [0.15, 0.2) is 41.8 Å². The average Bonchev–Trinajstić information content (AvgIpc) is 3.30. The largest absolute Gasteiger partial charge is 0.383 e. The summed E-state index contributed by atoms with van der Waals surface area (Å²) in [6.07, 6.45) is 2.08. The molecule has 1 fully saturated rings. The van der Waals surface area contributed by atoms with E-state index in [0.717, 1.165) is 23.3 Å². The van der Waals surface area contributed by atoms with Crippen LogP contribution in [-0.4, -0.2) is 43.0 Å². The van der Waals surface area contributed by atoms with Crippen LogP contribution in [0, 0.1) is 0 Å². The molecule has 1 aromatic heterocycles. The molecule has 0 spiro atoms. The van der Waals surface area contributed by atoms with Crippen molar-refractivity contribution in [2.45, 2.75) is 30.8 Å². The summed E-state index contributed by atoms with van der Waals surface area (Å²) in [5.41, 5.74) is 1.44. The van der Waals surface area contributed by atoms with Crippen molar-refractivity contribution in [3.05, 3.63) is 57.8 Å². The molecule has 6 heteroatoms. The third kappa shape index (κ3) is 3.15. The summed E-state index contributed by atoms with van der Waals surface area (Å²) in [7, 11) is 1.62. The molecule has 2 unspecified atom stereocenters. The maximum atomic E-state index is 13.2. The molecular formula is C20H22N2O3S. The van der Waals surface area contributed by atoms with Gasteiger partial charge in [0.15, 0.2) is 0 Å². The van der Waals surface area contributed by atoms with Gasteiger partial charge in [-0.15, -0.1) is 11.3 Å². The standard InChI is InChI=1S/C20H22N2O3S/c1-25-11-10-22-18(16-7-4-12-26-16)17(19(23)21-13-8-9-13)14-5-2-3-6-15(14)20(22)24/h2-7,12-13,17-18H,8-11H2,1H3,(H,21,23). The van der Waals surface area contributed by atoms with Crippen LogP contribution < -0.4 is 5.32 Å². The molecule has 2 heterocycles. The van der Waals surface area contributed by atoms with Gasteiger partial charge in [0, 0.05) is 30.1 Å². The fraction of sp³-hybridized carbons (Fsp3) is 0.400. The minimum Gasteiger partial charge on any atom is -0.383 e. The first-order valence-corrected chi connectivity index (χ1v) is 9.81. The molecule has 1 aliphatic heterocycles. The van der Waals surface area contributed by atoms with E-state index in [1.54, 1.807) is 23.3 Å². The van der Waals surface area contributed by atoms with Crippen molar-refractivity contribution in [3.8, 4) is 0 Å². The van der Waals surface area contributed by atoms with Crippen molar-refractivity contribution in [1.29, 1.82) is 0 Å². The Bertz CT molecular complexity index is 801. The Labute approximate surface area is 157 Å². The van der Waals surface area contributed by atoms with E-state index < -0.39 is 5.92 Å². The fourth-order valence-electron chi connectivity index (χ4n) is 3.60. The van der Waals surface area contributed by atoms with E-state index in [4.69, 9.17) is 4.74 Å². The summed E-state index contributed by atoms with van der Waals surface area (Å²) < 4.78 is 5.23. The smallest absolute Gasteiger partial charge is 0.254 e. The maximum Gasteiger partial charge on any atom is 0.254 e. The number of benzene rings is 1. The Morgan fingerprint density at radius 1 is 1.27 bits per heavy atom. The highest BCUT2D eigenvalue weighted by molar-refractivity contribution is 7.10. The second-order valence-corrected chi connectivity index (χ2v) is 7.78. The number of thiophene rings is 1. The molecule has 136 valence electrons. The molecule has 0 saturated heterocycles. The van der Waals surface area contributed by atoms with Gasteiger partial charge in [-0.05, 0) is 35.9 Å². The lowest BCUT2D eigenvalue weighted by atomic mass is 9.81. The Morgan fingerprint density at radius 2 is 2.08 bits per heavy atom. The van der Waals surface area contributed by atoms with Gasteiger partial charge >= 0.3 is 0 Å². The average molecular weight is 370 g/mol. The summed E-state index contributed by atoms with van der Waals surface area (Å²) in [5.74, 6) is -0.431. The number of nitrogens with one attached hydrogen (secondary N) is 1. The zero-order chi connectivity index (χ0) is 18.1. The van der Waals surface area contributed by atoms with Crippen molar-refractivity contribution in [2.24, 2.45) is 0 Å². The van der Waals surface area contributed by atoms with Gasteiger partial charge in [0.1, 0.15) is 0 Å². The Balaban J connectivity index is 1.80. The molecule has 2 amide bonds. The minimum atomic E-state index is -0.403. The number of carbonyl (C=O) groups is 2. The third-order valence-corrected chi connectivity index (χ3v) is 5.96. The van der Waals surface area contributed by atoms with E-state index >= 15 is 0 Å². The van der Waals surface area contributed by atoms with E-state index in [1.165, 1.54) is 0 Å². The summed E-state index contributed by atoms with van der Waals surface area (Å²) in [4.78, 5) is 29.2. The van der Waals surface area contributed by atoms with Gasteiger partial charge in [0.05, 0.1) is 18.6 Å². The predicted molar refractivity (Wildman–Crippen MR) is 100 cm³/mol. The summed E-state index contributed by atoms with van der Waals surface area (Å²) in [5, 5.41) is 5.14. The number of rotatable bonds is 6. The lowest BCUT2D eigenvalue weighted by Crippen LogP contribution is -2.48. The number of fused-ring (bicyclic) bond motifs is 1. The molecule has 2 aromatic rings. The van der Waals surface area contributed by atoms with E-state index in [1.807, 2.05) is 41.8 Å². The van der Waals surface area contributed by atoms with E-state index in [9.17, 15) is 9.59 Å². The van der Waals surface area contributed by atoms with Gasteiger partial charge in [-0.25, -0.2) is 0 Å². The molecular weight excluding hydrogens is 348 g/mol. The van der Waals surface area contributed by atoms with Crippen LogP contribution in [0.2, 0.25) is 0 Å². The summed E-state index contributed by atoms with van der Waals surface area (Å²) in [6.45, 7) is 0.895. The highest BCUT2D eigenvalue weighted by Crippen LogP contribution is 2.44. The van der Waals surface area contributed by atoms with Crippen molar-refractivity contribution >= 4 is 23.2 Å². The summed E-state index contributed by atoms with van der Waals surface area (Å²) in [6, 6.07) is 11.4. The molecule has 2 atom stereocenters. The lowest BCUT2D eigenvalue weighted by molar-refractivity contribution is -0.124. The Morgan fingerprint density at radius 3 is 2.77 bits per heavy atom. The molecule has 1 saturated carbocycles. The van der Waals surface area contributed by atoms with Gasteiger partial charge in [-0.1, -0.05) is 24.3 Å². The SMILES string of the molecule is COCCN1C(=O)c2ccccc2C(C(=O)NC2CC2)C1c1cccs1. The number of hydrogen-bond donors (Lipinski definition) is 1. The molecule has 4 rings (SSSR count). The number of hydrogen-bond acceptors (Lipinski definition) is 4. The number of carbonyl (C=O) groups excluding carboxylic acids is 2. The van der Waals surface area contributed by atoms with Gasteiger partial charge < -0.3 is 15.0 Å². The molecule has 1 aromatic carbocycles. The van der Waals surface area contributed by atoms with Crippen LogP contribution in [0.4, 0.5) is 0 Å². The van der Waals surface area contributed by atoms with Crippen LogP contribution in [0.3, 0.4) is 0 Å². The molecule has 26 heavy (non-hydrogen) atoms. The monoisotopic (exact) mass is 370 g/mol. The van der Waals surface area contributed by atoms with Gasteiger partial charge in [0.2, 0.25) is 5.91 Å². The number of amides is 2. The van der Waals surface area contributed by atoms with Crippen LogP contribution in [-0.2, 0) is 9.53 Å². The summed E-state index contributed by atoms with van der Waals surface area (Å²) >= 11 is 1.58. The fourth-order valence-corrected chi connectivity index (χ4v) is 4.48. The molecule has 1 aliphatic carbocycles. The lowest BCUT2D eigenvalue weighted by Gasteiger charge is -2.41. The van der Waals surface area contributed by atoms with Crippen LogP contribution in [0.1, 0.15) is 45.6 Å². The molecule has 2 aliphatic rings. The highest BCUT2D eigenvalue weighted by Gasteiger charge is 2.45. The molecule has 5 nitrogen and oxygen atoms in total. The minimum absolute atomic E-state index is 0.00765. The second kappa shape index (κ2) is 7.21. The van der Waals surface area contributed by atoms with Gasteiger partial charge in [-0.2, -0.15) is 0 Å². The Hall–Kier alpha value is -2.18. The van der Waals surface area contributed by atoms with Crippen molar-refractivity contribution < 1.29 is 14.3 Å². The number of methoxy groups -OCH3 is 1. The second-order valence-electron chi connectivity index (χ2n) is 6.80. The molecule has 1 N–H and O–H groups in total. The first-order chi connectivity index (χ1) is 12.7.